The van der Waals surface area contributed by atoms with E-state index < -0.39 is 17.7 Å². The topological polar surface area (TPSA) is 91.6 Å². The molecule has 0 bridgehead atoms. The van der Waals surface area contributed by atoms with Crippen LogP contribution in [-0.4, -0.2) is 53.3 Å². The lowest BCUT2D eigenvalue weighted by Crippen LogP contribution is -2.48. The predicted molar refractivity (Wildman–Crippen MR) is 68.8 cm³/mol. The lowest BCUT2D eigenvalue weighted by atomic mass is 10.0. The van der Waals surface area contributed by atoms with Crippen molar-refractivity contribution in [2.24, 2.45) is 10.2 Å². The third-order valence-corrected chi connectivity index (χ3v) is 3.49. The molecule has 2 heterocycles. The molecule has 1 fully saturated rings. The number of rotatable bonds is 6. The maximum absolute atomic E-state index is 12.1. The van der Waals surface area contributed by atoms with E-state index in [1.165, 1.54) is 4.90 Å². The first kappa shape index (κ1) is 14.5. The number of hydrogen-bond acceptors (Lipinski definition) is 5. The van der Waals surface area contributed by atoms with Crippen LogP contribution in [0.5, 0.6) is 0 Å². The van der Waals surface area contributed by atoms with Crippen molar-refractivity contribution < 1.29 is 19.4 Å². The number of aliphatic carboxylic acids is 1. The fraction of sp³-hybridized carbons (Fsp3) is 0.692. The molecule has 1 amide bonds. The second-order valence-corrected chi connectivity index (χ2v) is 4.92. The molecule has 0 aliphatic carbocycles. The highest BCUT2D eigenvalue weighted by atomic mass is 16.5. The predicted octanol–water partition coefficient (Wildman–Crippen LogP) is 0.654. The van der Waals surface area contributed by atoms with Crippen LogP contribution in [0.4, 0.5) is 0 Å². The van der Waals surface area contributed by atoms with Crippen molar-refractivity contribution in [1.29, 1.82) is 0 Å². The SMILES string of the molecule is C#CCCC1(CCC(=O)N2CCOC(C(=O)O)C2)N=N1. The Morgan fingerprint density at radius 1 is 1.45 bits per heavy atom. The molecule has 0 aromatic heterocycles. The van der Waals surface area contributed by atoms with Crippen molar-refractivity contribution in [1.82, 2.24) is 4.90 Å². The van der Waals surface area contributed by atoms with Crippen LogP contribution in [-0.2, 0) is 14.3 Å². The molecule has 0 aromatic rings. The molecular weight excluding hydrogens is 262 g/mol. The van der Waals surface area contributed by atoms with Gasteiger partial charge in [-0.15, -0.1) is 12.3 Å². The minimum Gasteiger partial charge on any atom is -0.479 e. The molecule has 1 unspecified atom stereocenters. The summed E-state index contributed by atoms with van der Waals surface area (Å²) in [6.07, 6.45) is 6.34. The lowest BCUT2D eigenvalue weighted by Gasteiger charge is -2.31. The second-order valence-electron chi connectivity index (χ2n) is 4.92. The number of carboxylic acid groups (broad SMARTS) is 1. The highest BCUT2D eigenvalue weighted by Crippen LogP contribution is 2.37. The van der Waals surface area contributed by atoms with Crippen molar-refractivity contribution in [2.45, 2.75) is 37.5 Å². The molecule has 0 aromatic carbocycles. The Morgan fingerprint density at radius 2 is 2.20 bits per heavy atom. The Hall–Kier alpha value is -1.94. The van der Waals surface area contributed by atoms with Gasteiger partial charge in [-0.3, -0.25) is 4.79 Å². The first-order chi connectivity index (χ1) is 9.56. The van der Waals surface area contributed by atoms with Gasteiger partial charge < -0.3 is 14.7 Å². The zero-order chi connectivity index (χ0) is 14.6. The number of carbonyl (C=O) groups excluding carboxylic acids is 1. The maximum Gasteiger partial charge on any atom is 0.334 e. The maximum atomic E-state index is 12.1. The Morgan fingerprint density at radius 3 is 2.80 bits per heavy atom. The number of amides is 1. The van der Waals surface area contributed by atoms with Gasteiger partial charge in [0.15, 0.2) is 11.8 Å². The van der Waals surface area contributed by atoms with E-state index in [0.29, 0.717) is 32.2 Å². The Kier molecular flexibility index (Phi) is 4.35. The van der Waals surface area contributed by atoms with Crippen LogP contribution in [0.3, 0.4) is 0 Å². The zero-order valence-corrected chi connectivity index (χ0v) is 11.1. The van der Waals surface area contributed by atoms with Crippen molar-refractivity contribution in [3.63, 3.8) is 0 Å². The van der Waals surface area contributed by atoms with Crippen LogP contribution < -0.4 is 0 Å². The number of nitrogens with zero attached hydrogens (tertiary/aromatic N) is 3. The molecule has 2 aliphatic heterocycles. The highest BCUT2D eigenvalue weighted by molar-refractivity contribution is 5.78. The van der Waals surface area contributed by atoms with E-state index in [4.69, 9.17) is 16.3 Å². The van der Waals surface area contributed by atoms with E-state index in [0.717, 1.165) is 0 Å². The van der Waals surface area contributed by atoms with Crippen molar-refractivity contribution in [2.75, 3.05) is 19.7 Å². The molecule has 2 aliphatic rings. The molecule has 108 valence electrons. The van der Waals surface area contributed by atoms with Gasteiger partial charge in [0.05, 0.1) is 13.2 Å². The molecule has 1 N–H and O–H groups in total. The summed E-state index contributed by atoms with van der Waals surface area (Å²) >= 11 is 0. The van der Waals surface area contributed by atoms with Crippen LogP contribution in [0, 0.1) is 12.3 Å². The minimum absolute atomic E-state index is 0.0862. The summed E-state index contributed by atoms with van der Waals surface area (Å²) in [6, 6.07) is 0. The molecule has 7 heteroatoms. The van der Waals surface area contributed by atoms with E-state index in [-0.39, 0.29) is 19.1 Å². The fourth-order valence-corrected chi connectivity index (χ4v) is 2.16. The van der Waals surface area contributed by atoms with Gasteiger partial charge in [0.1, 0.15) is 0 Å². The van der Waals surface area contributed by atoms with E-state index in [1.54, 1.807) is 0 Å². The Labute approximate surface area is 117 Å². The Bertz CT molecular complexity index is 463. The molecule has 0 saturated carbocycles. The lowest BCUT2D eigenvalue weighted by molar-refractivity contribution is -0.159. The van der Waals surface area contributed by atoms with E-state index in [1.807, 2.05) is 0 Å². The minimum atomic E-state index is -1.04. The number of carboxylic acids is 1. The van der Waals surface area contributed by atoms with Gasteiger partial charge in [-0.1, -0.05) is 0 Å². The highest BCUT2D eigenvalue weighted by Gasteiger charge is 2.40. The molecule has 2 rings (SSSR count). The van der Waals surface area contributed by atoms with Gasteiger partial charge in [0, 0.05) is 32.2 Å². The van der Waals surface area contributed by atoms with Gasteiger partial charge in [-0.05, 0) is 0 Å². The van der Waals surface area contributed by atoms with Gasteiger partial charge in [-0.25, -0.2) is 4.79 Å². The van der Waals surface area contributed by atoms with Crippen LogP contribution in [0.1, 0.15) is 25.7 Å². The summed E-state index contributed by atoms with van der Waals surface area (Å²) in [7, 11) is 0. The standard InChI is InChI=1S/C13H17N3O4/c1-2-3-5-13(14-15-13)6-4-11(17)16-7-8-20-10(9-16)12(18)19/h1,10H,3-9H2,(H,18,19). The first-order valence-electron chi connectivity index (χ1n) is 6.56. The largest absolute Gasteiger partial charge is 0.479 e. The third kappa shape index (κ3) is 3.54. The normalized spacial score (nSPS) is 23.1. The van der Waals surface area contributed by atoms with Crippen LogP contribution in [0.2, 0.25) is 0 Å². The average molecular weight is 279 g/mol. The Balaban J connectivity index is 1.77. The molecule has 0 spiro atoms. The van der Waals surface area contributed by atoms with Crippen molar-refractivity contribution in [3.05, 3.63) is 0 Å². The summed E-state index contributed by atoms with van der Waals surface area (Å²) in [5, 5.41) is 16.8. The van der Waals surface area contributed by atoms with Crippen molar-refractivity contribution >= 4 is 11.9 Å². The summed E-state index contributed by atoms with van der Waals surface area (Å²) in [4.78, 5) is 24.5. The summed E-state index contributed by atoms with van der Waals surface area (Å²) in [6.45, 7) is 0.772. The van der Waals surface area contributed by atoms with E-state index >= 15 is 0 Å². The molecule has 7 nitrogen and oxygen atoms in total. The summed E-state index contributed by atoms with van der Waals surface area (Å²) < 4.78 is 5.08. The van der Waals surface area contributed by atoms with Crippen LogP contribution in [0.25, 0.3) is 0 Å². The number of hydrogen-bond donors (Lipinski definition) is 1. The van der Waals surface area contributed by atoms with E-state index in [9.17, 15) is 9.59 Å². The third-order valence-electron chi connectivity index (χ3n) is 3.49. The quantitative estimate of drug-likeness (QED) is 0.723. The zero-order valence-electron chi connectivity index (χ0n) is 11.1. The smallest absolute Gasteiger partial charge is 0.334 e. The molecule has 1 atom stereocenters. The van der Waals surface area contributed by atoms with Crippen LogP contribution >= 0.6 is 0 Å². The number of ether oxygens (including phenoxy) is 1. The molecule has 20 heavy (non-hydrogen) atoms. The van der Waals surface area contributed by atoms with Gasteiger partial charge in [0.25, 0.3) is 0 Å². The summed E-state index contributed by atoms with van der Waals surface area (Å²) in [5.41, 5.74) is -0.472. The van der Waals surface area contributed by atoms with Gasteiger partial charge in [0.2, 0.25) is 5.91 Å². The van der Waals surface area contributed by atoms with Gasteiger partial charge in [-0.2, -0.15) is 10.2 Å². The summed E-state index contributed by atoms with van der Waals surface area (Å²) in [5.74, 6) is 1.41. The van der Waals surface area contributed by atoms with E-state index in [2.05, 4.69) is 16.1 Å². The monoisotopic (exact) mass is 279 g/mol. The fourth-order valence-electron chi connectivity index (χ4n) is 2.16. The number of carbonyl (C=O) groups is 2. The molecule has 1 saturated heterocycles. The number of morpholine rings is 1. The average Bonchev–Trinajstić information content (AvgIpc) is 3.23. The number of terminal acetylenes is 1. The molecule has 0 radical (unpaired) electrons. The van der Waals surface area contributed by atoms with Crippen LogP contribution in [0.15, 0.2) is 10.2 Å². The first-order valence-corrected chi connectivity index (χ1v) is 6.56. The van der Waals surface area contributed by atoms with Gasteiger partial charge >= 0.3 is 5.97 Å². The second kappa shape index (κ2) is 6.01. The van der Waals surface area contributed by atoms with Crippen molar-refractivity contribution in [3.8, 4) is 12.3 Å². The molecular formula is C13H17N3O4.